The Bertz CT molecular complexity index is 1140. The van der Waals surface area contributed by atoms with E-state index in [1.807, 2.05) is 60.7 Å². The number of hydrogen-bond donors (Lipinski definition) is 1. The van der Waals surface area contributed by atoms with Crippen LogP contribution >= 0.6 is 0 Å². The summed E-state index contributed by atoms with van der Waals surface area (Å²) in [6.45, 7) is 4.18. The van der Waals surface area contributed by atoms with E-state index < -0.39 is 5.97 Å². The molecular formula is C24H22N2O3. The summed E-state index contributed by atoms with van der Waals surface area (Å²) in [5.74, 6) is 1.70. The van der Waals surface area contributed by atoms with Gasteiger partial charge in [-0.2, -0.15) is 0 Å². The van der Waals surface area contributed by atoms with Gasteiger partial charge in [0.2, 0.25) is 0 Å². The fourth-order valence-electron chi connectivity index (χ4n) is 3.32. The minimum Gasteiger partial charge on any atom is -0.480 e. The van der Waals surface area contributed by atoms with Crippen molar-refractivity contribution in [3.63, 3.8) is 0 Å². The molecule has 0 atom stereocenters. The number of ether oxygens (including phenoxy) is 1. The maximum Gasteiger partial charge on any atom is 0.323 e. The summed E-state index contributed by atoms with van der Waals surface area (Å²) in [4.78, 5) is 16.0. The lowest BCUT2D eigenvalue weighted by Gasteiger charge is -2.10. The van der Waals surface area contributed by atoms with Crippen molar-refractivity contribution in [2.75, 3.05) is 0 Å². The quantitative estimate of drug-likeness (QED) is 0.461. The van der Waals surface area contributed by atoms with Crippen molar-refractivity contribution in [3.05, 3.63) is 78.4 Å². The number of carboxylic acid groups (broad SMARTS) is 1. The number of hydrogen-bond acceptors (Lipinski definition) is 3. The van der Waals surface area contributed by atoms with E-state index in [-0.39, 0.29) is 6.54 Å². The summed E-state index contributed by atoms with van der Waals surface area (Å²) in [6.07, 6.45) is 0. The molecule has 0 amide bonds. The van der Waals surface area contributed by atoms with Crippen molar-refractivity contribution < 1.29 is 14.6 Å². The van der Waals surface area contributed by atoms with E-state index in [9.17, 15) is 9.90 Å². The minimum atomic E-state index is -0.904. The second kappa shape index (κ2) is 7.80. The van der Waals surface area contributed by atoms with Crippen LogP contribution in [0.2, 0.25) is 0 Å². The smallest absolute Gasteiger partial charge is 0.323 e. The van der Waals surface area contributed by atoms with Gasteiger partial charge in [0.15, 0.2) is 0 Å². The fourth-order valence-corrected chi connectivity index (χ4v) is 3.32. The van der Waals surface area contributed by atoms with Crippen LogP contribution in [0.1, 0.15) is 25.3 Å². The molecule has 0 aliphatic carbocycles. The largest absolute Gasteiger partial charge is 0.480 e. The predicted molar refractivity (Wildman–Crippen MR) is 113 cm³/mol. The second-order valence-corrected chi connectivity index (χ2v) is 7.25. The first-order chi connectivity index (χ1) is 14.0. The third-order valence-corrected chi connectivity index (χ3v) is 4.84. The SMILES string of the molecule is CC(C)c1ccc(Oc2ccc(-c3nc4ccccc4n3CC(=O)O)cc2)cc1. The van der Waals surface area contributed by atoms with Gasteiger partial charge in [0.1, 0.15) is 23.9 Å². The van der Waals surface area contributed by atoms with E-state index in [0.29, 0.717) is 17.5 Å². The number of aliphatic carboxylic acids is 1. The van der Waals surface area contributed by atoms with E-state index >= 15 is 0 Å². The van der Waals surface area contributed by atoms with Crippen molar-refractivity contribution in [1.29, 1.82) is 0 Å². The monoisotopic (exact) mass is 386 g/mol. The molecule has 3 aromatic carbocycles. The molecule has 0 spiro atoms. The molecule has 146 valence electrons. The summed E-state index contributed by atoms with van der Waals surface area (Å²) in [6, 6.07) is 23.2. The Balaban J connectivity index is 1.61. The molecule has 5 nitrogen and oxygen atoms in total. The molecule has 29 heavy (non-hydrogen) atoms. The number of nitrogens with zero attached hydrogens (tertiary/aromatic N) is 2. The Morgan fingerprint density at radius 2 is 1.59 bits per heavy atom. The van der Waals surface area contributed by atoms with Gasteiger partial charge in [-0.15, -0.1) is 0 Å². The third kappa shape index (κ3) is 3.99. The van der Waals surface area contributed by atoms with E-state index in [1.165, 1.54) is 5.56 Å². The first-order valence-corrected chi connectivity index (χ1v) is 9.56. The van der Waals surface area contributed by atoms with Gasteiger partial charge >= 0.3 is 5.97 Å². The Morgan fingerprint density at radius 3 is 2.21 bits per heavy atom. The van der Waals surface area contributed by atoms with Crippen molar-refractivity contribution in [2.45, 2.75) is 26.3 Å². The number of para-hydroxylation sites is 2. The Kier molecular flexibility index (Phi) is 5.04. The van der Waals surface area contributed by atoms with Crippen LogP contribution in [0.15, 0.2) is 72.8 Å². The normalized spacial score (nSPS) is 11.1. The molecule has 4 aromatic rings. The first kappa shape index (κ1) is 18.7. The molecule has 0 radical (unpaired) electrons. The molecule has 0 fully saturated rings. The molecule has 0 aliphatic rings. The molecule has 0 saturated heterocycles. The van der Waals surface area contributed by atoms with E-state index in [1.54, 1.807) is 4.57 Å². The van der Waals surface area contributed by atoms with Crippen LogP contribution in [-0.4, -0.2) is 20.6 Å². The molecule has 1 heterocycles. The zero-order valence-corrected chi connectivity index (χ0v) is 16.4. The molecule has 0 aliphatic heterocycles. The Labute approximate surface area is 169 Å². The molecule has 0 unspecified atom stereocenters. The maximum atomic E-state index is 11.3. The average molecular weight is 386 g/mol. The van der Waals surface area contributed by atoms with Gasteiger partial charge in [-0.05, 0) is 60.0 Å². The first-order valence-electron chi connectivity index (χ1n) is 9.56. The van der Waals surface area contributed by atoms with Crippen LogP contribution in [0.5, 0.6) is 11.5 Å². The van der Waals surface area contributed by atoms with Crippen molar-refractivity contribution in [1.82, 2.24) is 9.55 Å². The highest BCUT2D eigenvalue weighted by Gasteiger charge is 2.14. The standard InChI is InChI=1S/C24H22N2O3/c1-16(2)17-7-11-19(12-8-17)29-20-13-9-18(10-14-20)24-25-21-5-3-4-6-22(21)26(24)15-23(27)28/h3-14,16H,15H2,1-2H3,(H,27,28). The van der Waals surface area contributed by atoms with Gasteiger partial charge in [0.05, 0.1) is 11.0 Å². The summed E-state index contributed by atoms with van der Waals surface area (Å²) >= 11 is 0. The van der Waals surface area contributed by atoms with E-state index in [4.69, 9.17) is 4.74 Å². The van der Waals surface area contributed by atoms with E-state index in [2.05, 4.69) is 31.0 Å². The Hall–Kier alpha value is -3.60. The van der Waals surface area contributed by atoms with Gasteiger partial charge in [-0.25, -0.2) is 4.98 Å². The summed E-state index contributed by atoms with van der Waals surface area (Å²) in [5.41, 5.74) is 3.68. The number of benzene rings is 3. The van der Waals surface area contributed by atoms with Crippen LogP contribution in [0, 0.1) is 0 Å². The molecule has 4 rings (SSSR count). The van der Waals surface area contributed by atoms with E-state index in [0.717, 1.165) is 22.3 Å². The number of rotatable bonds is 6. The van der Waals surface area contributed by atoms with Crippen LogP contribution in [0.4, 0.5) is 0 Å². The van der Waals surface area contributed by atoms with Crippen molar-refractivity contribution in [2.24, 2.45) is 0 Å². The number of fused-ring (bicyclic) bond motifs is 1. The molecule has 0 saturated carbocycles. The lowest BCUT2D eigenvalue weighted by atomic mass is 10.0. The lowest BCUT2D eigenvalue weighted by molar-refractivity contribution is -0.137. The van der Waals surface area contributed by atoms with Crippen molar-refractivity contribution in [3.8, 4) is 22.9 Å². The minimum absolute atomic E-state index is 0.143. The highest BCUT2D eigenvalue weighted by atomic mass is 16.5. The van der Waals surface area contributed by atoms with Crippen LogP contribution < -0.4 is 4.74 Å². The number of aromatic nitrogens is 2. The molecule has 1 N–H and O–H groups in total. The molecule has 1 aromatic heterocycles. The number of carboxylic acids is 1. The van der Waals surface area contributed by atoms with Gasteiger partial charge in [0.25, 0.3) is 0 Å². The maximum absolute atomic E-state index is 11.3. The predicted octanol–water partition coefficient (Wildman–Crippen LogP) is 5.70. The Morgan fingerprint density at radius 1 is 0.966 bits per heavy atom. The topological polar surface area (TPSA) is 64.4 Å². The van der Waals surface area contributed by atoms with Gasteiger partial charge in [-0.1, -0.05) is 38.1 Å². The molecule has 0 bridgehead atoms. The van der Waals surface area contributed by atoms with Crippen molar-refractivity contribution >= 4 is 17.0 Å². The highest BCUT2D eigenvalue weighted by molar-refractivity contribution is 5.82. The number of carbonyl (C=O) groups is 1. The highest BCUT2D eigenvalue weighted by Crippen LogP contribution is 2.29. The average Bonchev–Trinajstić information content (AvgIpc) is 3.07. The zero-order valence-electron chi connectivity index (χ0n) is 16.4. The van der Waals surface area contributed by atoms with Crippen LogP contribution in [0.25, 0.3) is 22.4 Å². The second-order valence-electron chi connectivity index (χ2n) is 7.25. The third-order valence-electron chi connectivity index (χ3n) is 4.84. The summed E-state index contributed by atoms with van der Waals surface area (Å²) in [7, 11) is 0. The van der Waals surface area contributed by atoms with Crippen LogP contribution in [0.3, 0.4) is 0 Å². The van der Waals surface area contributed by atoms with Crippen LogP contribution in [-0.2, 0) is 11.3 Å². The summed E-state index contributed by atoms with van der Waals surface area (Å²) < 4.78 is 7.66. The van der Waals surface area contributed by atoms with Gasteiger partial charge < -0.3 is 14.4 Å². The summed E-state index contributed by atoms with van der Waals surface area (Å²) in [5, 5.41) is 9.31. The molecule has 5 heteroatoms. The molecular weight excluding hydrogens is 364 g/mol. The zero-order chi connectivity index (χ0) is 20.4. The fraction of sp³-hybridized carbons (Fsp3) is 0.167. The lowest BCUT2D eigenvalue weighted by Crippen LogP contribution is -2.09. The van der Waals surface area contributed by atoms with Gasteiger partial charge in [0, 0.05) is 5.56 Å². The van der Waals surface area contributed by atoms with Gasteiger partial charge in [-0.3, -0.25) is 4.79 Å². The number of imidazole rings is 1.